The maximum Gasteiger partial charge on any atom is 0.432 e. The number of anilines is 1. The van der Waals surface area contributed by atoms with Gasteiger partial charge in [-0.15, -0.1) is 0 Å². The number of rotatable bonds is 2. The van der Waals surface area contributed by atoms with Gasteiger partial charge in [0.2, 0.25) is 0 Å². The molecule has 4 rings (SSSR count). The normalized spacial score (nSPS) is 17.8. The Morgan fingerprint density at radius 2 is 2.00 bits per heavy atom. The first-order valence-corrected chi connectivity index (χ1v) is 11.0. The average Bonchev–Trinajstić information content (AvgIpc) is 3.44. The van der Waals surface area contributed by atoms with Gasteiger partial charge in [0.25, 0.3) is 0 Å². The van der Waals surface area contributed by atoms with E-state index in [2.05, 4.69) is 10.4 Å². The van der Waals surface area contributed by atoms with E-state index in [9.17, 15) is 14.4 Å². The molecule has 0 unspecified atom stereocenters. The molecule has 2 N–H and O–H groups in total. The number of hydrogen-bond donors (Lipinski definition) is 2. The quantitative estimate of drug-likeness (QED) is 0.651. The SMILES string of the molecule is CC(C)(C)OC(=O)N1CCC[C@H]1c1cc(Cl)cc2c1CN(C(=O)Nc1cnn(C(=O)O)c1)C2. The van der Waals surface area contributed by atoms with E-state index in [1.165, 1.54) is 12.4 Å². The summed E-state index contributed by atoms with van der Waals surface area (Å²) < 4.78 is 6.32. The Morgan fingerprint density at radius 3 is 2.67 bits per heavy atom. The van der Waals surface area contributed by atoms with Crippen molar-refractivity contribution in [3.8, 4) is 0 Å². The molecule has 0 radical (unpaired) electrons. The number of amides is 3. The van der Waals surface area contributed by atoms with Gasteiger partial charge in [-0.2, -0.15) is 9.78 Å². The number of urea groups is 1. The molecular weight excluding hydrogens is 450 g/mol. The molecule has 3 heterocycles. The van der Waals surface area contributed by atoms with E-state index in [1.807, 2.05) is 32.9 Å². The van der Waals surface area contributed by atoms with Crippen LogP contribution in [-0.2, 0) is 17.8 Å². The number of likely N-dealkylation sites (tertiary alicyclic amines) is 1. The second-order valence-corrected chi connectivity index (χ2v) is 9.64. The minimum absolute atomic E-state index is 0.177. The van der Waals surface area contributed by atoms with Gasteiger partial charge >= 0.3 is 18.2 Å². The molecule has 2 aromatic rings. The van der Waals surface area contributed by atoms with Crippen LogP contribution in [-0.4, -0.2) is 55.1 Å². The van der Waals surface area contributed by atoms with Crippen molar-refractivity contribution in [1.29, 1.82) is 0 Å². The molecule has 1 saturated heterocycles. The fraction of sp³-hybridized carbons (Fsp3) is 0.455. The first kappa shape index (κ1) is 22.9. The summed E-state index contributed by atoms with van der Waals surface area (Å²) in [4.78, 5) is 39.9. The Labute approximate surface area is 196 Å². The Kier molecular flexibility index (Phi) is 5.96. The minimum atomic E-state index is -1.24. The molecular formula is C22H26ClN5O5. The van der Waals surface area contributed by atoms with Crippen molar-refractivity contribution in [1.82, 2.24) is 19.6 Å². The molecule has 0 spiro atoms. The molecule has 0 bridgehead atoms. The van der Waals surface area contributed by atoms with Gasteiger partial charge in [0.15, 0.2) is 0 Å². The van der Waals surface area contributed by atoms with Crippen LogP contribution in [0, 0.1) is 0 Å². The number of benzene rings is 1. The molecule has 10 nitrogen and oxygen atoms in total. The van der Waals surface area contributed by atoms with E-state index in [1.54, 1.807) is 9.80 Å². The molecule has 1 aromatic carbocycles. The summed E-state index contributed by atoms with van der Waals surface area (Å²) in [5.74, 6) is 0. The number of nitrogens with one attached hydrogen (secondary N) is 1. The molecule has 1 aromatic heterocycles. The monoisotopic (exact) mass is 475 g/mol. The standard InChI is InChI=1S/C22H26ClN5O5/c1-22(2,3)33-21(32)27-6-4-5-18(27)16-8-14(23)7-13-10-26(12-17(13)16)19(29)25-15-9-24-28(11-15)20(30)31/h7-9,11,18H,4-6,10,12H2,1-3H3,(H,25,29)(H,30,31)/t18-/m0/s1. The lowest BCUT2D eigenvalue weighted by Gasteiger charge is -2.30. The average molecular weight is 476 g/mol. The number of fused-ring (bicyclic) bond motifs is 1. The van der Waals surface area contributed by atoms with Crippen LogP contribution < -0.4 is 5.32 Å². The predicted molar refractivity (Wildman–Crippen MR) is 120 cm³/mol. The molecule has 11 heteroatoms. The first-order chi connectivity index (χ1) is 15.5. The summed E-state index contributed by atoms with van der Waals surface area (Å²) >= 11 is 6.41. The zero-order valence-corrected chi connectivity index (χ0v) is 19.4. The third kappa shape index (κ3) is 4.90. The fourth-order valence-electron chi connectivity index (χ4n) is 4.27. The van der Waals surface area contributed by atoms with Gasteiger partial charge in [0.05, 0.1) is 24.1 Å². The highest BCUT2D eigenvalue weighted by Crippen LogP contribution is 2.40. The number of carbonyl (C=O) groups excluding carboxylic acids is 2. The topological polar surface area (TPSA) is 117 Å². The third-order valence-corrected chi connectivity index (χ3v) is 5.83. The number of ether oxygens (including phenoxy) is 1. The van der Waals surface area contributed by atoms with E-state index < -0.39 is 11.7 Å². The van der Waals surface area contributed by atoms with Gasteiger partial charge in [0, 0.05) is 24.7 Å². The van der Waals surface area contributed by atoms with Crippen molar-refractivity contribution in [2.24, 2.45) is 0 Å². The Hall–Kier alpha value is -3.27. The lowest BCUT2D eigenvalue weighted by molar-refractivity contribution is 0.0223. The summed E-state index contributed by atoms with van der Waals surface area (Å²) in [7, 11) is 0. The van der Waals surface area contributed by atoms with Gasteiger partial charge in [-0.05, 0) is 62.4 Å². The fourth-order valence-corrected chi connectivity index (χ4v) is 4.52. The predicted octanol–water partition coefficient (Wildman–Crippen LogP) is 4.68. The number of carbonyl (C=O) groups is 3. The summed E-state index contributed by atoms with van der Waals surface area (Å²) in [6.07, 6.45) is 2.53. The molecule has 2 aliphatic rings. The second-order valence-electron chi connectivity index (χ2n) is 9.21. The second kappa shape index (κ2) is 8.58. The first-order valence-electron chi connectivity index (χ1n) is 10.7. The van der Waals surface area contributed by atoms with E-state index in [0.29, 0.717) is 24.7 Å². The highest BCUT2D eigenvalue weighted by Gasteiger charge is 2.37. The van der Waals surface area contributed by atoms with Crippen LogP contribution in [0.15, 0.2) is 24.5 Å². The largest absolute Gasteiger partial charge is 0.463 e. The molecule has 3 amide bonds. The van der Waals surface area contributed by atoms with Gasteiger partial charge in [-0.1, -0.05) is 11.6 Å². The van der Waals surface area contributed by atoms with Crippen molar-refractivity contribution in [2.75, 3.05) is 11.9 Å². The van der Waals surface area contributed by atoms with Gasteiger partial charge in [-0.25, -0.2) is 14.4 Å². The summed E-state index contributed by atoms with van der Waals surface area (Å²) in [5.41, 5.74) is 2.50. The van der Waals surface area contributed by atoms with Crippen molar-refractivity contribution >= 4 is 35.5 Å². The van der Waals surface area contributed by atoms with Gasteiger partial charge < -0.3 is 25.0 Å². The Balaban J connectivity index is 1.53. The highest BCUT2D eigenvalue weighted by molar-refractivity contribution is 6.30. The smallest absolute Gasteiger partial charge is 0.432 e. The summed E-state index contributed by atoms with van der Waals surface area (Å²) in [5, 5.41) is 15.9. The van der Waals surface area contributed by atoms with Gasteiger partial charge in [0.1, 0.15) is 5.60 Å². The molecule has 0 saturated carbocycles. The van der Waals surface area contributed by atoms with Gasteiger partial charge in [-0.3, -0.25) is 0 Å². The van der Waals surface area contributed by atoms with Crippen LogP contribution in [0.3, 0.4) is 0 Å². The lowest BCUT2D eigenvalue weighted by Crippen LogP contribution is -2.36. The third-order valence-electron chi connectivity index (χ3n) is 5.61. The van der Waals surface area contributed by atoms with E-state index in [4.69, 9.17) is 21.4 Å². The molecule has 1 fully saturated rings. The summed E-state index contributed by atoms with van der Waals surface area (Å²) in [6, 6.07) is 3.15. The summed E-state index contributed by atoms with van der Waals surface area (Å²) in [6.45, 7) is 6.80. The van der Waals surface area contributed by atoms with Crippen LogP contribution in [0.2, 0.25) is 5.02 Å². The van der Waals surface area contributed by atoms with Crippen molar-refractivity contribution < 1.29 is 24.2 Å². The van der Waals surface area contributed by atoms with Crippen molar-refractivity contribution in [2.45, 2.75) is 58.3 Å². The number of hydrogen-bond acceptors (Lipinski definition) is 5. The van der Waals surface area contributed by atoms with Crippen LogP contribution in [0.4, 0.5) is 20.1 Å². The number of nitrogens with zero attached hydrogens (tertiary/aromatic N) is 4. The lowest BCUT2D eigenvalue weighted by atomic mass is 9.96. The van der Waals surface area contributed by atoms with E-state index >= 15 is 0 Å². The zero-order chi connectivity index (χ0) is 23.9. The minimum Gasteiger partial charge on any atom is -0.463 e. The Morgan fingerprint density at radius 1 is 1.24 bits per heavy atom. The van der Waals surface area contributed by atoms with E-state index in [0.717, 1.165) is 34.2 Å². The van der Waals surface area contributed by atoms with Crippen molar-refractivity contribution in [3.63, 3.8) is 0 Å². The Bertz CT molecular complexity index is 1110. The maximum atomic E-state index is 12.8. The number of carboxylic acid groups (broad SMARTS) is 1. The molecule has 1 atom stereocenters. The number of aromatic nitrogens is 2. The van der Waals surface area contributed by atoms with Crippen molar-refractivity contribution in [3.05, 3.63) is 46.2 Å². The van der Waals surface area contributed by atoms with Crippen LogP contribution in [0.1, 0.15) is 56.3 Å². The van der Waals surface area contributed by atoms with E-state index in [-0.39, 0.29) is 23.9 Å². The highest BCUT2D eigenvalue weighted by atomic mass is 35.5. The zero-order valence-electron chi connectivity index (χ0n) is 18.7. The van der Waals surface area contributed by atoms with Crippen LogP contribution in [0.25, 0.3) is 0 Å². The molecule has 33 heavy (non-hydrogen) atoms. The maximum absolute atomic E-state index is 12.8. The molecule has 2 aliphatic heterocycles. The molecule has 0 aliphatic carbocycles. The van der Waals surface area contributed by atoms with Crippen LogP contribution in [0.5, 0.6) is 0 Å². The van der Waals surface area contributed by atoms with Crippen LogP contribution >= 0.6 is 11.6 Å². The molecule has 176 valence electrons. The number of halogens is 1.